The number of carbonyl (C=O) groups is 1. The number of amides is 1. The second-order valence-corrected chi connectivity index (χ2v) is 8.41. The molecule has 1 amide bonds. The van der Waals surface area contributed by atoms with E-state index in [1.165, 1.54) is 19.3 Å². The number of aromatic nitrogens is 2. The highest BCUT2D eigenvalue weighted by molar-refractivity contribution is 5.85. The number of carbonyl (C=O) groups excluding carboxylic acids is 1. The van der Waals surface area contributed by atoms with Crippen molar-refractivity contribution >= 4 is 30.7 Å². The molecule has 1 aromatic rings. The third-order valence-corrected chi connectivity index (χ3v) is 6.84. The number of rotatable bonds is 3. The lowest BCUT2D eigenvalue weighted by atomic mass is 9.65. The van der Waals surface area contributed by atoms with Gasteiger partial charge in [-0.3, -0.25) is 9.69 Å². The Morgan fingerprint density at radius 2 is 1.75 bits per heavy atom. The summed E-state index contributed by atoms with van der Waals surface area (Å²) in [5.41, 5.74) is 6.38. The largest absolute Gasteiger partial charge is 0.340 e. The summed E-state index contributed by atoms with van der Waals surface area (Å²) >= 11 is 0. The number of nitrogens with zero attached hydrogens (tertiary/aromatic N) is 4. The van der Waals surface area contributed by atoms with Crippen molar-refractivity contribution in [3.05, 3.63) is 11.7 Å². The lowest BCUT2D eigenvalue weighted by Crippen LogP contribution is -2.54. The molecule has 2 N–H and O–H groups in total. The Hall–Kier alpha value is -0.890. The molecule has 1 aliphatic heterocycles. The third-order valence-electron chi connectivity index (χ3n) is 6.84. The third kappa shape index (κ3) is 4.64. The Morgan fingerprint density at radius 3 is 2.29 bits per heavy atom. The van der Waals surface area contributed by atoms with E-state index >= 15 is 0 Å². The smallest absolute Gasteiger partial charge is 0.243 e. The van der Waals surface area contributed by atoms with E-state index in [9.17, 15) is 4.79 Å². The predicted octanol–water partition coefficient (Wildman–Crippen LogP) is 2.58. The molecule has 3 atom stereocenters. The zero-order chi connectivity index (χ0) is 18.3. The van der Waals surface area contributed by atoms with Gasteiger partial charge >= 0.3 is 0 Å². The maximum absolute atomic E-state index is 13.1. The van der Waals surface area contributed by atoms with Gasteiger partial charge in [0.15, 0.2) is 5.82 Å². The fraction of sp³-hybridized carbons (Fsp3) is 0.842. The Bertz CT molecular complexity index is 636. The minimum absolute atomic E-state index is 0. The zero-order valence-corrected chi connectivity index (χ0v) is 18.4. The summed E-state index contributed by atoms with van der Waals surface area (Å²) in [6.07, 6.45) is 5.69. The van der Waals surface area contributed by atoms with Crippen molar-refractivity contribution < 1.29 is 9.32 Å². The minimum Gasteiger partial charge on any atom is -0.340 e. The monoisotopic (exact) mass is 433 g/mol. The molecule has 0 radical (unpaired) electrons. The van der Waals surface area contributed by atoms with E-state index in [2.05, 4.69) is 26.9 Å². The van der Waals surface area contributed by atoms with Gasteiger partial charge in [-0.05, 0) is 51.4 Å². The van der Waals surface area contributed by atoms with E-state index in [0.29, 0.717) is 35.5 Å². The number of piperazine rings is 1. The number of hydrogen-bond acceptors (Lipinski definition) is 6. The van der Waals surface area contributed by atoms with E-state index < -0.39 is 0 Å². The van der Waals surface area contributed by atoms with Crippen LogP contribution in [0.3, 0.4) is 0 Å². The molecule has 9 heteroatoms. The number of aryl methyl sites for hydroxylation is 1. The van der Waals surface area contributed by atoms with Crippen LogP contribution < -0.4 is 5.73 Å². The summed E-state index contributed by atoms with van der Waals surface area (Å²) in [5, 5.41) is 3.88. The lowest BCUT2D eigenvalue weighted by molar-refractivity contribution is -0.140. The van der Waals surface area contributed by atoms with E-state index in [0.717, 1.165) is 39.0 Å². The second-order valence-electron chi connectivity index (χ2n) is 8.41. The Kier molecular flexibility index (Phi) is 8.14. The van der Waals surface area contributed by atoms with E-state index in [4.69, 9.17) is 10.3 Å². The molecule has 0 spiro atoms. The van der Waals surface area contributed by atoms with Gasteiger partial charge in [-0.25, -0.2) is 0 Å². The van der Waals surface area contributed by atoms with Gasteiger partial charge in [0.2, 0.25) is 11.8 Å². The van der Waals surface area contributed by atoms with Gasteiger partial charge in [-0.2, -0.15) is 4.98 Å². The van der Waals surface area contributed by atoms with E-state index in [-0.39, 0.29) is 36.8 Å². The summed E-state index contributed by atoms with van der Waals surface area (Å²) in [4.78, 5) is 21.8. The van der Waals surface area contributed by atoms with Gasteiger partial charge < -0.3 is 15.2 Å². The molecule has 7 nitrogen and oxygen atoms in total. The van der Waals surface area contributed by atoms with Crippen LogP contribution in [0.4, 0.5) is 0 Å². The number of halogens is 2. The minimum atomic E-state index is 0. The average Bonchev–Trinajstić information content (AvgIpc) is 3.07. The molecule has 2 saturated carbocycles. The van der Waals surface area contributed by atoms with Crippen LogP contribution in [0.2, 0.25) is 0 Å². The lowest BCUT2D eigenvalue weighted by Gasteiger charge is -2.45. The molecule has 28 heavy (non-hydrogen) atoms. The molecule has 3 fully saturated rings. The Labute approximate surface area is 179 Å². The number of hydrogen-bond donors (Lipinski definition) is 1. The van der Waals surface area contributed by atoms with Crippen LogP contribution in [0.5, 0.6) is 0 Å². The van der Waals surface area contributed by atoms with Crippen molar-refractivity contribution in [1.29, 1.82) is 0 Å². The fourth-order valence-corrected chi connectivity index (χ4v) is 5.22. The summed E-state index contributed by atoms with van der Waals surface area (Å²) in [6.45, 7) is 7.21. The first kappa shape index (κ1) is 23.4. The first-order valence-electron chi connectivity index (χ1n) is 10.1. The van der Waals surface area contributed by atoms with E-state index in [1.807, 2.05) is 6.92 Å². The van der Waals surface area contributed by atoms with Crippen LogP contribution in [0, 0.1) is 24.7 Å². The van der Waals surface area contributed by atoms with Gasteiger partial charge in [0, 0.05) is 38.1 Å². The van der Waals surface area contributed by atoms with Crippen LogP contribution in [0.15, 0.2) is 4.52 Å². The van der Waals surface area contributed by atoms with Crippen molar-refractivity contribution in [3.63, 3.8) is 0 Å². The molecule has 160 valence electrons. The van der Waals surface area contributed by atoms with Gasteiger partial charge in [0.05, 0.1) is 6.04 Å². The molecule has 3 unspecified atom stereocenters. The molecule has 1 aromatic heterocycles. The zero-order valence-electron chi connectivity index (χ0n) is 16.7. The molecule has 4 rings (SSSR count). The fourth-order valence-electron chi connectivity index (χ4n) is 5.22. The predicted molar refractivity (Wildman–Crippen MR) is 112 cm³/mol. The molecule has 0 aromatic carbocycles. The summed E-state index contributed by atoms with van der Waals surface area (Å²) in [6, 6.07) is 0.420. The molecule has 2 heterocycles. The first-order chi connectivity index (χ1) is 12.5. The van der Waals surface area contributed by atoms with Crippen LogP contribution in [0.25, 0.3) is 0 Å². The highest BCUT2D eigenvalue weighted by Gasteiger charge is 2.42. The molecule has 2 aliphatic carbocycles. The Balaban J connectivity index is 0.00000140. The molecule has 2 bridgehead atoms. The molecular formula is C19H33Cl2N5O2. The second kappa shape index (κ2) is 9.74. The first-order valence-corrected chi connectivity index (χ1v) is 10.1. The SMILES string of the molecule is Cc1noc(C(C)N2CCN(C(=O)C3CC4CCCC(C3)C4N)CC2)n1.Cl.Cl. The van der Waals surface area contributed by atoms with Crippen LogP contribution in [-0.4, -0.2) is 58.1 Å². The van der Waals surface area contributed by atoms with Crippen molar-refractivity contribution in [2.75, 3.05) is 26.2 Å². The van der Waals surface area contributed by atoms with Gasteiger partial charge in [0.1, 0.15) is 0 Å². The van der Waals surface area contributed by atoms with Gasteiger partial charge in [0.25, 0.3) is 0 Å². The molecule has 1 saturated heterocycles. The van der Waals surface area contributed by atoms with Crippen LogP contribution >= 0.6 is 24.8 Å². The average molecular weight is 434 g/mol. The topological polar surface area (TPSA) is 88.5 Å². The maximum Gasteiger partial charge on any atom is 0.243 e. The maximum atomic E-state index is 13.1. The standard InChI is InChI=1S/C19H31N5O2.2ClH/c1-12(18-21-13(2)22-26-18)23-6-8-24(9-7-23)19(25)16-10-14-4-3-5-15(11-16)17(14)20;;/h12,14-17H,3-11,20H2,1-2H3;2*1H. The normalized spacial score (nSPS) is 31.5. The van der Waals surface area contributed by atoms with Gasteiger partial charge in [-0.15, -0.1) is 24.8 Å². The van der Waals surface area contributed by atoms with Gasteiger partial charge in [-0.1, -0.05) is 11.6 Å². The number of nitrogens with two attached hydrogens (primary N) is 1. The Morgan fingerprint density at radius 1 is 1.14 bits per heavy atom. The highest BCUT2D eigenvalue weighted by atomic mass is 35.5. The highest BCUT2D eigenvalue weighted by Crippen LogP contribution is 2.42. The van der Waals surface area contributed by atoms with Crippen LogP contribution in [-0.2, 0) is 4.79 Å². The van der Waals surface area contributed by atoms with Crippen molar-refractivity contribution in [2.24, 2.45) is 23.5 Å². The van der Waals surface area contributed by atoms with Crippen molar-refractivity contribution in [3.8, 4) is 0 Å². The molecule has 3 aliphatic rings. The summed E-state index contributed by atoms with van der Waals surface area (Å²) < 4.78 is 5.31. The van der Waals surface area contributed by atoms with Crippen molar-refractivity contribution in [2.45, 2.75) is 58.0 Å². The summed E-state index contributed by atoms with van der Waals surface area (Å²) in [7, 11) is 0. The van der Waals surface area contributed by atoms with E-state index in [1.54, 1.807) is 0 Å². The quantitative estimate of drug-likeness (QED) is 0.787. The molecular weight excluding hydrogens is 401 g/mol. The summed E-state index contributed by atoms with van der Waals surface area (Å²) in [5.74, 6) is 2.98. The van der Waals surface area contributed by atoms with Crippen molar-refractivity contribution in [1.82, 2.24) is 19.9 Å². The number of fused-ring (bicyclic) bond motifs is 2. The van der Waals surface area contributed by atoms with Crippen LogP contribution in [0.1, 0.15) is 56.8 Å².